The number of nitrogens with zero attached hydrogens (tertiary/aromatic N) is 2. The molecule has 0 aromatic carbocycles. The maximum atomic E-state index is 11.3. The molecule has 0 radical (unpaired) electrons. The van der Waals surface area contributed by atoms with Gasteiger partial charge >= 0.3 is 5.97 Å². The van der Waals surface area contributed by atoms with Gasteiger partial charge in [0.1, 0.15) is 5.41 Å². The maximum Gasteiger partial charge on any atom is 0.315 e. The van der Waals surface area contributed by atoms with Crippen LogP contribution in [0.4, 0.5) is 0 Å². The van der Waals surface area contributed by atoms with Crippen LogP contribution >= 0.6 is 11.3 Å². The summed E-state index contributed by atoms with van der Waals surface area (Å²) in [5.41, 5.74) is 0.161. The monoisotopic (exact) mass is 266 g/mol. The number of carboxylic acids is 1. The molecular formula is C13H18N2O2S. The average molecular weight is 266 g/mol. The van der Waals surface area contributed by atoms with Crippen molar-refractivity contribution < 1.29 is 9.90 Å². The number of likely N-dealkylation sites (tertiary alicyclic amines) is 1. The smallest absolute Gasteiger partial charge is 0.315 e. The lowest BCUT2D eigenvalue weighted by Gasteiger charge is -2.27. The van der Waals surface area contributed by atoms with Gasteiger partial charge in [0, 0.05) is 11.3 Å². The number of thiazole rings is 1. The van der Waals surface area contributed by atoms with E-state index < -0.39 is 11.4 Å². The number of aliphatic carboxylic acids is 1. The van der Waals surface area contributed by atoms with E-state index in [9.17, 15) is 9.90 Å². The highest BCUT2D eigenvalue weighted by molar-refractivity contribution is 7.09. The molecule has 5 heteroatoms. The van der Waals surface area contributed by atoms with Crippen LogP contribution in [0.25, 0.3) is 0 Å². The normalized spacial score (nSPS) is 24.1. The summed E-state index contributed by atoms with van der Waals surface area (Å²) in [6.45, 7) is 2.23. The first-order valence-electron chi connectivity index (χ1n) is 6.50. The second-order valence-corrected chi connectivity index (χ2v) is 6.43. The van der Waals surface area contributed by atoms with Gasteiger partial charge in [-0.3, -0.25) is 4.79 Å². The van der Waals surface area contributed by atoms with Gasteiger partial charge in [0.05, 0.1) is 10.7 Å². The van der Waals surface area contributed by atoms with Gasteiger partial charge in [-0.15, -0.1) is 11.3 Å². The van der Waals surface area contributed by atoms with Crippen LogP contribution in [-0.4, -0.2) is 41.1 Å². The molecule has 3 rings (SSSR count). The van der Waals surface area contributed by atoms with E-state index in [0.717, 1.165) is 49.5 Å². The number of aromatic nitrogens is 1. The molecule has 4 nitrogen and oxygen atoms in total. The number of rotatable bonds is 3. The Hall–Kier alpha value is -0.940. The highest BCUT2D eigenvalue weighted by Gasteiger charge is 2.53. The Morgan fingerprint density at radius 3 is 2.72 bits per heavy atom. The molecule has 1 saturated carbocycles. The summed E-state index contributed by atoms with van der Waals surface area (Å²) in [7, 11) is 2.15. The first-order chi connectivity index (χ1) is 8.62. The largest absolute Gasteiger partial charge is 0.481 e. The van der Waals surface area contributed by atoms with Crippen molar-refractivity contribution in [3.05, 3.63) is 16.1 Å². The number of hydrogen-bond acceptors (Lipinski definition) is 4. The van der Waals surface area contributed by atoms with Crippen molar-refractivity contribution in [2.75, 3.05) is 20.1 Å². The van der Waals surface area contributed by atoms with E-state index in [2.05, 4.69) is 16.9 Å². The quantitative estimate of drug-likeness (QED) is 0.910. The molecule has 1 aliphatic carbocycles. The zero-order valence-corrected chi connectivity index (χ0v) is 11.4. The lowest BCUT2D eigenvalue weighted by molar-refractivity contribution is -0.140. The minimum atomic E-state index is -0.706. The van der Waals surface area contributed by atoms with E-state index >= 15 is 0 Å². The van der Waals surface area contributed by atoms with Crippen LogP contribution in [0.2, 0.25) is 0 Å². The van der Waals surface area contributed by atoms with E-state index in [-0.39, 0.29) is 0 Å². The average Bonchev–Trinajstić information content (AvgIpc) is 3.03. The van der Waals surface area contributed by atoms with Gasteiger partial charge in [-0.2, -0.15) is 0 Å². The molecule has 1 aromatic heterocycles. The highest BCUT2D eigenvalue weighted by atomic mass is 32.1. The summed E-state index contributed by atoms with van der Waals surface area (Å²) < 4.78 is 0. The Morgan fingerprint density at radius 1 is 1.50 bits per heavy atom. The number of hydrogen-bond donors (Lipinski definition) is 1. The zero-order chi connectivity index (χ0) is 12.8. The van der Waals surface area contributed by atoms with Gasteiger partial charge in [0.2, 0.25) is 0 Å². The number of carbonyl (C=O) groups is 1. The Labute approximate surface area is 111 Å². The molecular weight excluding hydrogens is 248 g/mol. The van der Waals surface area contributed by atoms with E-state index in [1.165, 1.54) is 0 Å². The third-order valence-electron chi connectivity index (χ3n) is 4.24. The minimum Gasteiger partial charge on any atom is -0.481 e. The lowest BCUT2D eigenvalue weighted by Crippen LogP contribution is -2.29. The summed E-state index contributed by atoms with van der Waals surface area (Å²) in [6.07, 6.45) is 3.78. The van der Waals surface area contributed by atoms with E-state index in [1.807, 2.05) is 5.38 Å². The molecule has 2 aliphatic rings. The van der Waals surface area contributed by atoms with Gasteiger partial charge in [0.25, 0.3) is 0 Å². The van der Waals surface area contributed by atoms with Crippen molar-refractivity contribution >= 4 is 17.3 Å². The van der Waals surface area contributed by atoms with Gasteiger partial charge in [-0.25, -0.2) is 4.98 Å². The van der Waals surface area contributed by atoms with Crippen LogP contribution in [0.15, 0.2) is 5.38 Å². The number of piperidine rings is 1. The molecule has 0 atom stereocenters. The van der Waals surface area contributed by atoms with Crippen molar-refractivity contribution in [1.29, 1.82) is 0 Å². The second kappa shape index (κ2) is 4.31. The van der Waals surface area contributed by atoms with Gasteiger partial charge < -0.3 is 10.0 Å². The molecule has 0 spiro atoms. The summed E-state index contributed by atoms with van der Waals surface area (Å²) >= 11 is 1.65. The molecule has 1 aromatic rings. The summed E-state index contributed by atoms with van der Waals surface area (Å²) in [5, 5.41) is 12.4. The first kappa shape index (κ1) is 12.1. The molecule has 98 valence electrons. The van der Waals surface area contributed by atoms with E-state index in [1.54, 1.807) is 11.3 Å². The van der Waals surface area contributed by atoms with Gasteiger partial charge in [-0.05, 0) is 45.8 Å². The van der Waals surface area contributed by atoms with Crippen molar-refractivity contribution in [3.8, 4) is 0 Å². The Kier molecular flexibility index (Phi) is 2.90. The molecule has 1 saturated heterocycles. The fraction of sp³-hybridized carbons (Fsp3) is 0.692. The van der Waals surface area contributed by atoms with Crippen LogP contribution in [0.3, 0.4) is 0 Å². The Balaban J connectivity index is 1.76. The Morgan fingerprint density at radius 2 is 2.17 bits per heavy atom. The zero-order valence-electron chi connectivity index (χ0n) is 10.6. The van der Waals surface area contributed by atoms with Crippen LogP contribution in [-0.2, 0) is 10.2 Å². The molecule has 1 aliphatic heterocycles. The molecule has 2 heterocycles. The molecule has 0 unspecified atom stereocenters. The van der Waals surface area contributed by atoms with Crippen molar-refractivity contribution in [2.24, 2.45) is 0 Å². The van der Waals surface area contributed by atoms with Gasteiger partial charge in [-0.1, -0.05) is 0 Å². The summed E-state index contributed by atoms with van der Waals surface area (Å²) in [5.74, 6) is -0.174. The summed E-state index contributed by atoms with van der Waals surface area (Å²) in [6, 6.07) is 0. The fourth-order valence-corrected chi connectivity index (χ4v) is 3.74. The van der Waals surface area contributed by atoms with Crippen LogP contribution in [0.5, 0.6) is 0 Å². The summed E-state index contributed by atoms with van der Waals surface area (Å²) in [4.78, 5) is 18.2. The van der Waals surface area contributed by atoms with Gasteiger partial charge in [0.15, 0.2) is 0 Å². The number of carboxylic acid groups (broad SMARTS) is 1. The Bertz CT molecular complexity index is 459. The molecule has 1 N–H and O–H groups in total. The van der Waals surface area contributed by atoms with Crippen LogP contribution < -0.4 is 0 Å². The van der Waals surface area contributed by atoms with Crippen molar-refractivity contribution in [3.63, 3.8) is 0 Å². The third-order valence-corrected chi connectivity index (χ3v) is 5.25. The molecule has 0 amide bonds. The predicted molar refractivity (Wildman–Crippen MR) is 70.1 cm³/mol. The highest BCUT2D eigenvalue weighted by Crippen LogP contribution is 2.49. The minimum absolute atomic E-state index is 0.532. The maximum absolute atomic E-state index is 11.3. The fourth-order valence-electron chi connectivity index (χ4n) is 2.66. The first-order valence-corrected chi connectivity index (χ1v) is 7.38. The molecule has 18 heavy (non-hydrogen) atoms. The predicted octanol–water partition coefficient (Wildman–Crippen LogP) is 2.07. The second-order valence-electron chi connectivity index (χ2n) is 5.54. The third kappa shape index (κ3) is 1.95. The van der Waals surface area contributed by atoms with Crippen LogP contribution in [0.1, 0.15) is 42.3 Å². The topological polar surface area (TPSA) is 53.4 Å². The van der Waals surface area contributed by atoms with Crippen LogP contribution in [0, 0.1) is 0 Å². The van der Waals surface area contributed by atoms with Crippen molar-refractivity contribution in [1.82, 2.24) is 9.88 Å². The molecule has 0 bridgehead atoms. The van der Waals surface area contributed by atoms with E-state index in [4.69, 9.17) is 0 Å². The standard InChI is InChI=1S/C13H18N2O2S/c1-15-6-2-9(3-7-15)11-14-10(8-18-11)13(4-5-13)12(16)17/h8-9H,2-7H2,1H3,(H,16,17). The lowest BCUT2D eigenvalue weighted by atomic mass is 9.97. The molecule has 2 fully saturated rings. The van der Waals surface area contributed by atoms with E-state index in [0.29, 0.717) is 5.92 Å². The SMILES string of the molecule is CN1CCC(c2nc(C3(C(=O)O)CC3)cs2)CC1. The van der Waals surface area contributed by atoms with Crippen molar-refractivity contribution in [2.45, 2.75) is 37.0 Å².